The molecule has 4 amide bonds. The molecule has 0 rings (SSSR count). The molecule has 0 aliphatic carbocycles. The van der Waals surface area contributed by atoms with Crippen LogP contribution in [0.25, 0.3) is 0 Å². The molecule has 0 heterocycles. The van der Waals surface area contributed by atoms with E-state index in [1.54, 1.807) is 20.1 Å². The van der Waals surface area contributed by atoms with Gasteiger partial charge in [-0.05, 0) is 24.3 Å². The molecule has 0 aromatic heterocycles. The molecule has 9 N–H and O–H groups in total. The Kier molecular flexibility index (Phi) is 12.7. The number of carboxylic acid groups (broad SMARTS) is 1. The fourth-order valence-corrected chi connectivity index (χ4v) is 2.80. The van der Waals surface area contributed by atoms with Crippen LogP contribution in [0.1, 0.15) is 26.7 Å². The van der Waals surface area contributed by atoms with Crippen molar-refractivity contribution in [2.24, 2.45) is 17.4 Å². The number of aliphatic hydroxyl groups excluding tert-OH is 1. The second kappa shape index (κ2) is 13.8. The first kappa shape index (κ1) is 27.6. The maximum Gasteiger partial charge on any atom is 0.328 e. The number of aliphatic carboxylic acids is 1. The van der Waals surface area contributed by atoms with Gasteiger partial charge < -0.3 is 37.6 Å². The highest BCUT2D eigenvalue weighted by atomic mass is 32.2. The number of rotatable bonds is 14. The average molecular weight is 450 g/mol. The van der Waals surface area contributed by atoms with Crippen LogP contribution in [0.15, 0.2) is 0 Å². The standard InChI is InChI=1S/C17H31N5O7S/c1-8(2)13(22-14(25)9(18)6-12(19)24)16(27)20-10(4-5-30-3)15(26)21-11(7-23)17(28)29/h8-11,13,23H,4-7,18H2,1-3H3,(H2,19,24)(H,20,27)(H,21,26)(H,22,25)(H,28,29). The second-order valence-corrected chi connectivity index (χ2v) is 7.92. The molecule has 12 nitrogen and oxygen atoms in total. The number of carbonyl (C=O) groups is 5. The molecule has 4 unspecified atom stereocenters. The molecule has 0 aromatic rings. The third-order valence-electron chi connectivity index (χ3n) is 4.05. The van der Waals surface area contributed by atoms with E-state index >= 15 is 0 Å². The molecule has 0 fully saturated rings. The monoisotopic (exact) mass is 449 g/mol. The topological polar surface area (TPSA) is 214 Å². The van der Waals surface area contributed by atoms with Crippen molar-refractivity contribution >= 4 is 41.4 Å². The number of primary amides is 1. The molecule has 13 heteroatoms. The van der Waals surface area contributed by atoms with Gasteiger partial charge in [-0.15, -0.1) is 0 Å². The number of hydrogen-bond donors (Lipinski definition) is 7. The van der Waals surface area contributed by atoms with Gasteiger partial charge >= 0.3 is 5.97 Å². The van der Waals surface area contributed by atoms with Crippen LogP contribution in [0.5, 0.6) is 0 Å². The number of carbonyl (C=O) groups excluding carboxylic acids is 4. The number of carboxylic acids is 1. The predicted molar refractivity (Wildman–Crippen MR) is 110 cm³/mol. The van der Waals surface area contributed by atoms with Crippen LogP contribution in [0, 0.1) is 5.92 Å². The van der Waals surface area contributed by atoms with Crippen molar-refractivity contribution in [2.45, 2.75) is 50.9 Å². The molecule has 4 atom stereocenters. The van der Waals surface area contributed by atoms with E-state index in [2.05, 4.69) is 16.0 Å². The van der Waals surface area contributed by atoms with Crippen LogP contribution in [-0.2, 0) is 24.0 Å². The number of thioether (sulfide) groups is 1. The zero-order valence-corrected chi connectivity index (χ0v) is 18.0. The van der Waals surface area contributed by atoms with Crippen LogP contribution in [0.4, 0.5) is 0 Å². The fraction of sp³-hybridized carbons (Fsp3) is 0.706. The molecule has 172 valence electrons. The largest absolute Gasteiger partial charge is 0.480 e. The van der Waals surface area contributed by atoms with Crippen molar-refractivity contribution in [3.05, 3.63) is 0 Å². The number of aliphatic hydroxyl groups is 1. The highest BCUT2D eigenvalue weighted by Crippen LogP contribution is 2.07. The van der Waals surface area contributed by atoms with Crippen LogP contribution >= 0.6 is 11.8 Å². The Balaban J connectivity index is 5.30. The van der Waals surface area contributed by atoms with Gasteiger partial charge in [0.1, 0.15) is 18.1 Å². The molecule has 30 heavy (non-hydrogen) atoms. The summed E-state index contributed by atoms with van der Waals surface area (Å²) in [6.07, 6.45) is 1.59. The summed E-state index contributed by atoms with van der Waals surface area (Å²) in [6.45, 7) is 2.51. The first-order valence-electron chi connectivity index (χ1n) is 9.22. The maximum atomic E-state index is 12.7. The van der Waals surface area contributed by atoms with Crippen molar-refractivity contribution < 1.29 is 34.2 Å². The lowest BCUT2D eigenvalue weighted by molar-refractivity contribution is -0.143. The van der Waals surface area contributed by atoms with E-state index < -0.39 is 66.8 Å². The van der Waals surface area contributed by atoms with Crippen molar-refractivity contribution in [1.82, 2.24) is 16.0 Å². The molecular formula is C17H31N5O7S. The fourth-order valence-electron chi connectivity index (χ4n) is 2.33. The molecule has 0 spiro atoms. The second-order valence-electron chi connectivity index (χ2n) is 6.93. The summed E-state index contributed by atoms with van der Waals surface area (Å²) in [5.74, 6) is -4.30. The van der Waals surface area contributed by atoms with Crippen molar-refractivity contribution in [3.63, 3.8) is 0 Å². The minimum Gasteiger partial charge on any atom is -0.480 e. The van der Waals surface area contributed by atoms with Gasteiger partial charge in [-0.3, -0.25) is 19.2 Å². The third kappa shape index (κ3) is 9.89. The van der Waals surface area contributed by atoms with Gasteiger partial charge in [0.25, 0.3) is 0 Å². The molecule has 0 radical (unpaired) electrons. The summed E-state index contributed by atoms with van der Waals surface area (Å²) in [7, 11) is 0. The van der Waals surface area contributed by atoms with Crippen LogP contribution in [-0.4, -0.2) is 82.6 Å². The van der Waals surface area contributed by atoms with Gasteiger partial charge in [-0.1, -0.05) is 13.8 Å². The maximum absolute atomic E-state index is 12.7. The average Bonchev–Trinajstić information content (AvgIpc) is 2.65. The molecular weight excluding hydrogens is 418 g/mol. The summed E-state index contributed by atoms with van der Waals surface area (Å²) in [5.41, 5.74) is 10.6. The Morgan fingerprint density at radius 2 is 1.53 bits per heavy atom. The van der Waals surface area contributed by atoms with Crippen molar-refractivity contribution in [1.29, 1.82) is 0 Å². The summed E-state index contributed by atoms with van der Waals surface area (Å²) in [4.78, 5) is 59.3. The Labute approximate surface area is 178 Å². The lowest BCUT2D eigenvalue weighted by Crippen LogP contribution is -2.59. The van der Waals surface area contributed by atoms with Crippen molar-refractivity contribution in [2.75, 3.05) is 18.6 Å². The first-order valence-corrected chi connectivity index (χ1v) is 10.6. The van der Waals surface area contributed by atoms with Gasteiger partial charge in [0.05, 0.1) is 19.1 Å². The SMILES string of the molecule is CSCCC(NC(=O)C(NC(=O)C(N)CC(N)=O)C(C)C)C(=O)NC(CO)C(=O)O. The Bertz CT molecular complexity index is 632. The van der Waals surface area contributed by atoms with Gasteiger partial charge in [-0.2, -0.15) is 11.8 Å². The number of nitrogens with two attached hydrogens (primary N) is 2. The molecule has 0 bridgehead atoms. The van der Waals surface area contributed by atoms with E-state index in [0.29, 0.717) is 5.75 Å². The van der Waals surface area contributed by atoms with E-state index in [-0.39, 0.29) is 12.3 Å². The smallest absolute Gasteiger partial charge is 0.328 e. The number of hydrogen-bond acceptors (Lipinski definition) is 8. The summed E-state index contributed by atoms with van der Waals surface area (Å²) in [6, 6.07) is -4.89. The van der Waals surface area contributed by atoms with Crippen LogP contribution in [0.2, 0.25) is 0 Å². The minimum atomic E-state index is -1.52. The molecule has 0 saturated heterocycles. The van der Waals surface area contributed by atoms with E-state index in [4.69, 9.17) is 21.7 Å². The summed E-state index contributed by atoms with van der Waals surface area (Å²) < 4.78 is 0. The minimum absolute atomic E-state index is 0.191. The van der Waals surface area contributed by atoms with Crippen molar-refractivity contribution in [3.8, 4) is 0 Å². The molecule has 0 aliphatic rings. The summed E-state index contributed by atoms with van der Waals surface area (Å²) in [5, 5.41) is 25.2. The van der Waals surface area contributed by atoms with E-state index in [1.807, 2.05) is 0 Å². The van der Waals surface area contributed by atoms with Crippen LogP contribution in [0.3, 0.4) is 0 Å². The van der Waals surface area contributed by atoms with Gasteiger partial charge in [0, 0.05) is 0 Å². The van der Waals surface area contributed by atoms with Gasteiger partial charge in [0.15, 0.2) is 0 Å². The molecule has 0 aromatic carbocycles. The number of nitrogens with one attached hydrogen (secondary N) is 3. The Morgan fingerprint density at radius 1 is 0.967 bits per heavy atom. The van der Waals surface area contributed by atoms with E-state index in [1.165, 1.54) is 11.8 Å². The third-order valence-corrected chi connectivity index (χ3v) is 4.69. The predicted octanol–water partition coefficient (Wildman–Crippen LogP) is -2.87. The highest BCUT2D eigenvalue weighted by molar-refractivity contribution is 7.98. The molecule has 0 aliphatic heterocycles. The van der Waals surface area contributed by atoms with E-state index in [9.17, 15) is 24.0 Å². The number of amides is 4. The zero-order chi connectivity index (χ0) is 23.4. The zero-order valence-electron chi connectivity index (χ0n) is 17.2. The first-order chi connectivity index (χ1) is 13.9. The van der Waals surface area contributed by atoms with Crippen LogP contribution < -0.4 is 27.4 Å². The lowest BCUT2D eigenvalue weighted by atomic mass is 10.0. The summed E-state index contributed by atoms with van der Waals surface area (Å²) >= 11 is 1.41. The molecule has 0 saturated carbocycles. The normalized spacial score (nSPS) is 14.9. The lowest BCUT2D eigenvalue weighted by Gasteiger charge is -2.26. The van der Waals surface area contributed by atoms with Gasteiger partial charge in [-0.25, -0.2) is 4.79 Å². The Morgan fingerprint density at radius 3 is 1.97 bits per heavy atom. The van der Waals surface area contributed by atoms with Gasteiger partial charge in [0.2, 0.25) is 23.6 Å². The van der Waals surface area contributed by atoms with E-state index in [0.717, 1.165) is 0 Å². The quantitative estimate of drug-likeness (QED) is 0.145. The Hall–Kier alpha value is -2.38. The highest BCUT2D eigenvalue weighted by Gasteiger charge is 2.31.